The van der Waals surface area contributed by atoms with Crippen molar-refractivity contribution in [2.45, 2.75) is 51.6 Å². The molecular weight excluding hydrogens is 218 g/mol. The molecule has 2 rings (SSSR count). The number of amides is 2. The number of hydrogen-bond donors (Lipinski definition) is 1. The van der Waals surface area contributed by atoms with Crippen LogP contribution in [0.15, 0.2) is 0 Å². The van der Waals surface area contributed by atoms with Crippen LogP contribution in [0.4, 0.5) is 0 Å². The number of rotatable bonds is 2. The van der Waals surface area contributed by atoms with Gasteiger partial charge in [-0.15, -0.1) is 0 Å². The summed E-state index contributed by atoms with van der Waals surface area (Å²) in [5, 5.41) is 9.42. The molecular formula is C13H21NO3. The number of carbonyl (C=O) groups excluding carboxylic acids is 2. The third kappa shape index (κ3) is 3.06. The molecule has 1 N–H and O–H groups in total. The molecule has 2 amide bonds. The highest BCUT2D eigenvalue weighted by atomic mass is 16.3. The van der Waals surface area contributed by atoms with Crippen molar-refractivity contribution in [3.05, 3.63) is 0 Å². The fourth-order valence-corrected chi connectivity index (χ4v) is 2.82. The van der Waals surface area contributed by atoms with Crippen molar-refractivity contribution in [2.24, 2.45) is 11.8 Å². The van der Waals surface area contributed by atoms with Gasteiger partial charge < -0.3 is 5.11 Å². The highest BCUT2D eigenvalue weighted by Gasteiger charge is 2.32. The first kappa shape index (κ1) is 12.6. The second kappa shape index (κ2) is 5.17. The predicted octanol–water partition coefficient (Wildman–Crippen LogP) is 1.32. The van der Waals surface area contributed by atoms with E-state index in [-0.39, 0.29) is 23.8 Å². The Morgan fingerprint density at radius 2 is 1.65 bits per heavy atom. The van der Waals surface area contributed by atoms with Gasteiger partial charge in [0, 0.05) is 19.4 Å². The van der Waals surface area contributed by atoms with E-state index < -0.39 is 0 Å². The highest BCUT2D eigenvalue weighted by molar-refractivity contribution is 5.97. The summed E-state index contributed by atoms with van der Waals surface area (Å²) < 4.78 is 0. The van der Waals surface area contributed by atoms with Gasteiger partial charge in [-0.1, -0.05) is 6.92 Å². The molecule has 1 heterocycles. The van der Waals surface area contributed by atoms with Crippen LogP contribution in [0, 0.1) is 11.8 Å². The maximum Gasteiger partial charge on any atom is 0.229 e. The lowest BCUT2D eigenvalue weighted by Gasteiger charge is -2.33. The Kier molecular flexibility index (Phi) is 3.82. The molecule has 0 spiro atoms. The van der Waals surface area contributed by atoms with Crippen LogP contribution in [0.2, 0.25) is 0 Å². The Balaban J connectivity index is 1.89. The third-order valence-corrected chi connectivity index (χ3v) is 3.91. The van der Waals surface area contributed by atoms with E-state index in [9.17, 15) is 14.7 Å². The van der Waals surface area contributed by atoms with E-state index >= 15 is 0 Å². The van der Waals surface area contributed by atoms with Gasteiger partial charge in [0.2, 0.25) is 11.8 Å². The van der Waals surface area contributed by atoms with Crippen LogP contribution >= 0.6 is 0 Å². The van der Waals surface area contributed by atoms with Gasteiger partial charge in [0.05, 0.1) is 6.10 Å². The van der Waals surface area contributed by atoms with Gasteiger partial charge in [0.1, 0.15) is 0 Å². The molecule has 4 nitrogen and oxygen atoms in total. The molecule has 2 fully saturated rings. The molecule has 1 aliphatic heterocycles. The Bertz CT molecular complexity index is 290. The predicted molar refractivity (Wildman–Crippen MR) is 63.1 cm³/mol. The van der Waals surface area contributed by atoms with Gasteiger partial charge in [-0.25, -0.2) is 0 Å². The van der Waals surface area contributed by atoms with Crippen LogP contribution < -0.4 is 0 Å². The first-order valence-corrected chi connectivity index (χ1v) is 6.57. The van der Waals surface area contributed by atoms with Crippen LogP contribution in [-0.4, -0.2) is 34.5 Å². The molecule has 96 valence electrons. The zero-order valence-corrected chi connectivity index (χ0v) is 10.4. The largest absolute Gasteiger partial charge is 0.393 e. The minimum absolute atomic E-state index is 0.0140. The van der Waals surface area contributed by atoms with E-state index in [2.05, 4.69) is 0 Å². The van der Waals surface area contributed by atoms with E-state index in [1.54, 1.807) is 0 Å². The van der Waals surface area contributed by atoms with E-state index in [1.165, 1.54) is 4.90 Å². The Labute approximate surface area is 102 Å². The first-order valence-electron chi connectivity index (χ1n) is 6.57. The third-order valence-electron chi connectivity index (χ3n) is 3.91. The summed E-state index contributed by atoms with van der Waals surface area (Å²) in [5.41, 5.74) is 0. The molecule has 0 bridgehead atoms. The van der Waals surface area contributed by atoms with Gasteiger partial charge in [0.15, 0.2) is 0 Å². The summed E-state index contributed by atoms with van der Waals surface area (Å²) in [6.07, 6.45) is 4.28. The fourth-order valence-electron chi connectivity index (χ4n) is 2.82. The number of hydrogen-bond acceptors (Lipinski definition) is 3. The van der Waals surface area contributed by atoms with Crippen molar-refractivity contribution < 1.29 is 14.7 Å². The van der Waals surface area contributed by atoms with Crippen molar-refractivity contribution in [1.29, 1.82) is 0 Å². The molecule has 1 saturated carbocycles. The minimum Gasteiger partial charge on any atom is -0.393 e. The molecule has 1 aliphatic carbocycles. The number of piperidine rings is 1. The highest BCUT2D eigenvalue weighted by Crippen LogP contribution is 2.27. The molecule has 17 heavy (non-hydrogen) atoms. The molecule has 0 radical (unpaired) electrons. The summed E-state index contributed by atoms with van der Waals surface area (Å²) in [4.78, 5) is 25.1. The summed E-state index contributed by atoms with van der Waals surface area (Å²) in [5.74, 6) is 0.555. The zero-order chi connectivity index (χ0) is 12.4. The van der Waals surface area contributed by atoms with Crippen LogP contribution in [0.1, 0.15) is 45.4 Å². The van der Waals surface area contributed by atoms with Crippen molar-refractivity contribution in [2.75, 3.05) is 6.54 Å². The van der Waals surface area contributed by atoms with Crippen LogP contribution in [0.5, 0.6) is 0 Å². The van der Waals surface area contributed by atoms with Crippen LogP contribution in [0.25, 0.3) is 0 Å². The maximum absolute atomic E-state index is 11.8. The summed E-state index contributed by atoms with van der Waals surface area (Å²) in [6.45, 7) is 2.52. The maximum atomic E-state index is 11.8. The van der Waals surface area contributed by atoms with Gasteiger partial charge in [-0.05, 0) is 37.5 Å². The Morgan fingerprint density at radius 3 is 2.18 bits per heavy atom. The molecule has 0 unspecified atom stereocenters. The van der Waals surface area contributed by atoms with Gasteiger partial charge >= 0.3 is 0 Å². The van der Waals surface area contributed by atoms with Crippen molar-refractivity contribution in [1.82, 2.24) is 4.90 Å². The van der Waals surface area contributed by atoms with Crippen molar-refractivity contribution in [3.8, 4) is 0 Å². The summed E-state index contributed by atoms with van der Waals surface area (Å²) in [6, 6.07) is 0. The molecule has 0 atom stereocenters. The standard InChI is InChI=1S/C13H21NO3/c1-9-6-12(16)14(13(17)7-9)8-10-2-4-11(15)5-3-10/h9-11,15H,2-8H2,1H3. The van der Waals surface area contributed by atoms with Gasteiger partial charge in [-0.3, -0.25) is 14.5 Å². The first-order chi connectivity index (χ1) is 8.06. The minimum atomic E-state index is -0.181. The number of carbonyl (C=O) groups is 2. The monoisotopic (exact) mass is 239 g/mol. The molecule has 0 aromatic heterocycles. The Hall–Kier alpha value is -0.900. The lowest BCUT2D eigenvalue weighted by atomic mass is 9.86. The second-order valence-electron chi connectivity index (χ2n) is 5.59. The molecule has 2 aliphatic rings. The SMILES string of the molecule is CC1CC(=O)N(CC2CCC(O)CC2)C(=O)C1. The van der Waals surface area contributed by atoms with Crippen LogP contribution in [0.3, 0.4) is 0 Å². The van der Waals surface area contributed by atoms with E-state index in [0.29, 0.717) is 25.3 Å². The van der Waals surface area contributed by atoms with Gasteiger partial charge in [0.25, 0.3) is 0 Å². The van der Waals surface area contributed by atoms with E-state index in [1.807, 2.05) is 6.92 Å². The van der Waals surface area contributed by atoms with E-state index in [4.69, 9.17) is 0 Å². The number of nitrogens with zero attached hydrogens (tertiary/aromatic N) is 1. The molecule has 0 aromatic rings. The normalized spacial score (nSPS) is 32.0. The average Bonchev–Trinajstić information content (AvgIpc) is 2.26. The fraction of sp³-hybridized carbons (Fsp3) is 0.846. The molecule has 0 aromatic carbocycles. The lowest BCUT2D eigenvalue weighted by Crippen LogP contribution is -2.45. The number of imide groups is 1. The average molecular weight is 239 g/mol. The van der Waals surface area contributed by atoms with E-state index in [0.717, 1.165) is 25.7 Å². The summed E-state index contributed by atoms with van der Waals surface area (Å²) >= 11 is 0. The lowest BCUT2D eigenvalue weighted by molar-refractivity contribution is -0.150. The smallest absolute Gasteiger partial charge is 0.229 e. The molecule has 4 heteroatoms. The quantitative estimate of drug-likeness (QED) is 0.739. The van der Waals surface area contributed by atoms with Gasteiger partial charge in [-0.2, -0.15) is 0 Å². The molecule has 1 saturated heterocycles. The Morgan fingerprint density at radius 1 is 1.12 bits per heavy atom. The van der Waals surface area contributed by atoms with Crippen molar-refractivity contribution >= 4 is 11.8 Å². The zero-order valence-electron chi connectivity index (χ0n) is 10.4. The van der Waals surface area contributed by atoms with Crippen molar-refractivity contribution in [3.63, 3.8) is 0 Å². The second-order valence-corrected chi connectivity index (χ2v) is 5.59. The van der Waals surface area contributed by atoms with Crippen LogP contribution in [-0.2, 0) is 9.59 Å². The number of aliphatic hydroxyl groups excluding tert-OH is 1. The summed E-state index contributed by atoms with van der Waals surface area (Å²) in [7, 11) is 0. The topological polar surface area (TPSA) is 57.6 Å². The number of aliphatic hydroxyl groups is 1. The number of likely N-dealkylation sites (tertiary alicyclic amines) is 1.